The molecule has 1 aliphatic heterocycles. The van der Waals surface area contributed by atoms with E-state index in [1.54, 1.807) is 0 Å². The van der Waals surface area contributed by atoms with Crippen molar-refractivity contribution in [3.8, 4) is 5.75 Å². The van der Waals surface area contributed by atoms with Crippen LogP contribution in [-0.4, -0.2) is 70.3 Å². The zero-order valence-corrected chi connectivity index (χ0v) is 14.7. The van der Waals surface area contributed by atoms with Crippen LogP contribution in [0.1, 0.15) is 11.4 Å². The fourth-order valence-corrected chi connectivity index (χ4v) is 2.92. The third kappa shape index (κ3) is 5.77. The molecule has 3 rings (SSSR count). The first-order chi connectivity index (χ1) is 12.2. The number of aryl methyl sites for hydroxylation is 1. The molecule has 1 aromatic carbocycles. The molecular formula is C19H26N4O2. The smallest absolute Gasteiger partial charge is 0.119 e. The molecule has 25 heavy (non-hydrogen) atoms. The summed E-state index contributed by atoms with van der Waals surface area (Å²) in [6, 6.07) is 9.61. The molecule has 0 radical (unpaired) electrons. The second-order valence-corrected chi connectivity index (χ2v) is 6.50. The normalized spacial score (nSPS) is 17.4. The molecule has 0 bridgehead atoms. The number of nitrogens with zero attached hydrogens (tertiary/aromatic N) is 4. The van der Waals surface area contributed by atoms with Gasteiger partial charge in [0.1, 0.15) is 18.5 Å². The summed E-state index contributed by atoms with van der Waals surface area (Å²) in [5.74, 6) is 0.797. The molecule has 134 valence electrons. The molecule has 0 spiro atoms. The van der Waals surface area contributed by atoms with Crippen molar-refractivity contribution < 1.29 is 9.84 Å². The van der Waals surface area contributed by atoms with Crippen LogP contribution in [0.15, 0.2) is 42.7 Å². The van der Waals surface area contributed by atoms with Gasteiger partial charge in [-0.15, -0.1) is 0 Å². The van der Waals surface area contributed by atoms with Crippen LogP contribution in [0.5, 0.6) is 5.75 Å². The van der Waals surface area contributed by atoms with E-state index in [1.165, 1.54) is 0 Å². The molecule has 2 aromatic rings. The number of aliphatic hydroxyl groups excluding tert-OH is 1. The maximum absolute atomic E-state index is 10.2. The number of piperazine rings is 1. The summed E-state index contributed by atoms with van der Waals surface area (Å²) in [5, 5.41) is 10.2. The third-order valence-corrected chi connectivity index (χ3v) is 4.34. The topological polar surface area (TPSA) is 61.7 Å². The number of hydrogen-bond donors (Lipinski definition) is 1. The first kappa shape index (κ1) is 17.8. The summed E-state index contributed by atoms with van der Waals surface area (Å²) in [6.07, 6.45) is 3.19. The maximum atomic E-state index is 10.2. The van der Waals surface area contributed by atoms with Crippen LogP contribution in [0.2, 0.25) is 0 Å². The average molecular weight is 342 g/mol. The Balaban J connectivity index is 1.36. The van der Waals surface area contributed by atoms with Gasteiger partial charge < -0.3 is 9.84 Å². The summed E-state index contributed by atoms with van der Waals surface area (Å²) in [7, 11) is 0. The SMILES string of the molecule is Cc1cnc(CN2CCN(C[C@@H](O)COc3ccccc3)CC2)cn1. The number of rotatable bonds is 7. The minimum atomic E-state index is -0.477. The lowest BCUT2D eigenvalue weighted by atomic mass is 10.2. The molecule has 0 saturated carbocycles. The van der Waals surface area contributed by atoms with Crippen LogP contribution in [-0.2, 0) is 6.54 Å². The number of aliphatic hydroxyl groups is 1. The van der Waals surface area contributed by atoms with Crippen molar-refractivity contribution >= 4 is 0 Å². The highest BCUT2D eigenvalue weighted by Crippen LogP contribution is 2.10. The van der Waals surface area contributed by atoms with Crippen molar-refractivity contribution in [3.63, 3.8) is 0 Å². The number of β-amino-alcohol motifs (C(OH)–C–C–N with tert-alkyl or cyclic N) is 1. The standard InChI is InChI=1S/C19H26N4O2/c1-16-11-21-17(12-20-16)13-22-7-9-23(10-8-22)14-18(24)15-25-19-5-3-2-4-6-19/h2-6,11-12,18,24H,7-10,13-15H2,1H3/t18-/m1/s1. The number of aromatic nitrogens is 2. The Morgan fingerprint density at radius 2 is 1.76 bits per heavy atom. The van der Waals surface area contributed by atoms with Crippen LogP contribution < -0.4 is 4.74 Å². The van der Waals surface area contributed by atoms with Gasteiger partial charge >= 0.3 is 0 Å². The lowest BCUT2D eigenvalue weighted by Gasteiger charge is -2.35. The Hall–Kier alpha value is -2.02. The molecule has 6 nitrogen and oxygen atoms in total. The summed E-state index contributed by atoms with van der Waals surface area (Å²) in [5.41, 5.74) is 1.95. The average Bonchev–Trinajstić information content (AvgIpc) is 2.64. The van der Waals surface area contributed by atoms with Crippen LogP contribution in [0.25, 0.3) is 0 Å². The number of benzene rings is 1. The highest BCUT2D eigenvalue weighted by atomic mass is 16.5. The van der Waals surface area contributed by atoms with Crippen molar-refractivity contribution in [3.05, 3.63) is 54.1 Å². The van der Waals surface area contributed by atoms with Crippen LogP contribution in [0.3, 0.4) is 0 Å². The first-order valence-electron chi connectivity index (χ1n) is 8.77. The Kier molecular flexibility index (Phi) is 6.33. The molecule has 1 N–H and O–H groups in total. The van der Waals surface area contributed by atoms with E-state index in [-0.39, 0.29) is 0 Å². The van der Waals surface area contributed by atoms with E-state index in [0.717, 1.165) is 49.9 Å². The molecule has 1 saturated heterocycles. The Morgan fingerprint density at radius 3 is 2.44 bits per heavy atom. The van der Waals surface area contributed by atoms with Gasteiger partial charge in [0, 0.05) is 51.7 Å². The van der Waals surface area contributed by atoms with Gasteiger partial charge in [0.2, 0.25) is 0 Å². The van der Waals surface area contributed by atoms with Crippen molar-refractivity contribution in [1.29, 1.82) is 0 Å². The second kappa shape index (κ2) is 8.89. The zero-order valence-electron chi connectivity index (χ0n) is 14.7. The van der Waals surface area contributed by atoms with Crippen LogP contribution >= 0.6 is 0 Å². The highest BCUT2D eigenvalue weighted by molar-refractivity contribution is 5.20. The molecule has 1 aromatic heterocycles. The summed E-state index contributed by atoms with van der Waals surface area (Å²) < 4.78 is 5.62. The van der Waals surface area contributed by atoms with Gasteiger partial charge in [0.05, 0.1) is 11.4 Å². The number of hydrogen-bond acceptors (Lipinski definition) is 6. The predicted octanol–water partition coefficient (Wildman–Crippen LogP) is 1.34. The monoisotopic (exact) mass is 342 g/mol. The van der Waals surface area contributed by atoms with Gasteiger partial charge in [0.15, 0.2) is 0 Å². The van der Waals surface area contributed by atoms with Crippen LogP contribution in [0, 0.1) is 6.92 Å². The van der Waals surface area contributed by atoms with E-state index >= 15 is 0 Å². The van der Waals surface area contributed by atoms with E-state index in [0.29, 0.717) is 13.2 Å². The minimum Gasteiger partial charge on any atom is -0.491 e. The Morgan fingerprint density at radius 1 is 1.04 bits per heavy atom. The molecule has 2 heterocycles. The first-order valence-corrected chi connectivity index (χ1v) is 8.77. The van der Waals surface area contributed by atoms with E-state index < -0.39 is 6.10 Å². The fraction of sp³-hybridized carbons (Fsp3) is 0.474. The van der Waals surface area contributed by atoms with Crippen molar-refractivity contribution in [2.75, 3.05) is 39.3 Å². The van der Waals surface area contributed by atoms with Gasteiger partial charge in [-0.3, -0.25) is 19.8 Å². The second-order valence-electron chi connectivity index (χ2n) is 6.50. The summed E-state index contributed by atoms with van der Waals surface area (Å²) >= 11 is 0. The predicted molar refractivity (Wildman–Crippen MR) is 96.4 cm³/mol. The van der Waals surface area contributed by atoms with E-state index in [1.807, 2.05) is 49.6 Å². The molecule has 1 fully saturated rings. The molecule has 6 heteroatoms. The lowest BCUT2D eigenvalue weighted by Crippen LogP contribution is -2.48. The lowest BCUT2D eigenvalue weighted by molar-refractivity contribution is 0.0444. The van der Waals surface area contributed by atoms with Gasteiger partial charge in [-0.2, -0.15) is 0 Å². The minimum absolute atomic E-state index is 0.323. The Bertz CT molecular complexity index is 628. The quantitative estimate of drug-likeness (QED) is 0.819. The summed E-state index contributed by atoms with van der Waals surface area (Å²) in [4.78, 5) is 13.4. The molecule has 1 aliphatic rings. The van der Waals surface area contributed by atoms with E-state index in [9.17, 15) is 5.11 Å². The fourth-order valence-electron chi connectivity index (χ4n) is 2.92. The van der Waals surface area contributed by atoms with E-state index in [2.05, 4.69) is 19.8 Å². The largest absolute Gasteiger partial charge is 0.491 e. The summed E-state index contributed by atoms with van der Waals surface area (Å²) in [6.45, 7) is 7.59. The van der Waals surface area contributed by atoms with E-state index in [4.69, 9.17) is 4.74 Å². The molecule has 0 aliphatic carbocycles. The maximum Gasteiger partial charge on any atom is 0.119 e. The highest BCUT2D eigenvalue weighted by Gasteiger charge is 2.20. The number of ether oxygens (including phenoxy) is 1. The zero-order chi connectivity index (χ0) is 17.5. The third-order valence-electron chi connectivity index (χ3n) is 4.34. The van der Waals surface area contributed by atoms with Crippen LogP contribution in [0.4, 0.5) is 0 Å². The van der Waals surface area contributed by atoms with Crippen molar-refractivity contribution in [2.45, 2.75) is 19.6 Å². The Labute approximate surface area is 149 Å². The van der Waals surface area contributed by atoms with Gasteiger partial charge in [0.25, 0.3) is 0 Å². The van der Waals surface area contributed by atoms with Gasteiger partial charge in [-0.25, -0.2) is 0 Å². The molecule has 0 unspecified atom stereocenters. The van der Waals surface area contributed by atoms with Gasteiger partial charge in [-0.05, 0) is 19.1 Å². The number of para-hydroxylation sites is 1. The van der Waals surface area contributed by atoms with Crippen molar-refractivity contribution in [1.82, 2.24) is 19.8 Å². The van der Waals surface area contributed by atoms with Gasteiger partial charge in [-0.1, -0.05) is 18.2 Å². The molecule has 0 amide bonds. The van der Waals surface area contributed by atoms with Crippen molar-refractivity contribution in [2.24, 2.45) is 0 Å². The molecular weight excluding hydrogens is 316 g/mol. The molecule has 1 atom stereocenters.